The molecule has 4 aromatic rings. The van der Waals surface area contributed by atoms with E-state index in [9.17, 15) is 9.59 Å². The monoisotopic (exact) mass is 441 g/mol. The zero-order valence-electron chi connectivity index (χ0n) is 19.1. The molecule has 5 nitrogen and oxygen atoms in total. The topological polar surface area (TPSA) is 68.5 Å². The second kappa shape index (κ2) is 9.43. The summed E-state index contributed by atoms with van der Waals surface area (Å²) in [6, 6.07) is 21.9. The Morgan fingerprint density at radius 2 is 1.48 bits per heavy atom. The minimum absolute atomic E-state index is 0.0350. The van der Waals surface area contributed by atoms with Crippen molar-refractivity contribution in [3.8, 4) is 0 Å². The smallest absolute Gasteiger partial charge is 0.329 e. The SMILES string of the molecule is Cc1ccc(C(=O)c2c(C)n(Cc3ccc(COCC(=O)O)cc3)c3ccc(C)cc23)cc1. The van der Waals surface area contributed by atoms with Crippen LogP contribution in [0.5, 0.6) is 0 Å². The third kappa shape index (κ3) is 4.89. The molecule has 0 fully saturated rings. The Balaban J connectivity index is 1.67. The van der Waals surface area contributed by atoms with E-state index in [1.54, 1.807) is 0 Å². The molecular weight excluding hydrogens is 414 g/mol. The summed E-state index contributed by atoms with van der Waals surface area (Å²) in [5.74, 6) is -0.944. The van der Waals surface area contributed by atoms with Crippen LogP contribution < -0.4 is 0 Å². The quantitative estimate of drug-likeness (QED) is 0.369. The summed E-state index contributed by atoms with van der Waals surface area (Å²) in [5.41, 5.74) is 7.65. The fraction of sp³-hybridized carbons (Fsp3) is 0.214. The molecule has 168 valence electrons. The van der Waals surface area contributed by atoms with E-state index in [2.05, 4.69) is 22.8 Å². The van der Waals surface area contributed by atoms with Crippen LogP contribution in [-0.4, -0.2) is 28.0 Å². The van der Waals surface area contributed by atoms with Gasteiger partial charge in [-0.2, -0.15) is 0 Å². The molecule has 0 amide bonds. The van der Waals surface area contributed by atoms with Crippen LogP contribution in [0.1, 0.15) is 43.9 Å². The van der Waals surface area contributed by atoms with E-state index >= 15 is 0 Å². The molecule has 0 unspecified atom stereocenters. The molecule has 0 aliphatic rings. The van der Waals surface area contributed by atoms with Gasteiger partial charge in [0.2, 0.25) is 0 Å². The van der Waals surface area contributed by atoms with Gasteiger partial charge in [-0.15, -0.1) is 0 Å². The van der Waals surface area contributed by atoms with E-state index in [1.165, 1.54) is 0 Å². The maximum absolute atomic E-state index is 13.5. The first-order valence-corrected chi connectivity index (χ1v) is 10.9. The zero-order valence-corrected chi connectivity index (χ0v) is 19.1. The third-order valence-corrected chi connectivity index (χ3v) is 5.88. The van der Waals surface area contributed by atoms with Gasteiger partial charge < -0.3 is 14.4 Å². The molecule has 5 heteroatoms. The van der Waals surface area contributed by atoms with Crippen LogP contribution in [0.3, 0.4) is 0 Å². The Kier molecular flexibility index (Phi) is 6.43. The number of aromatic nitrogens is 1. The number of hydrogen-bond donors (Lipinski definition) is 1. The number of aliphatic carboxylic acids is 1. The number of carboxylic acids is 1. The highest BCUT2D eigenvalue weighted by molar-refractivity contribution is 6.17. The summed E-state index contributed by atoms with van der Waals surface area (Å²) in [4.78, 5) is 24.1. The number of ketones is 1. The summed E-state index contributed by atoms with van der Waals surface area (Å²) < 4.78 is 7.35. The highest BCUT2D eigenvalue weighted by atomic mass is 16.5. The van der Waals surface area contributed by atoms with E-state index in [0.29, 0.717) is 12.1 Å². The maximum Gasteiger partial charge on any atom is 0.329 e. The van der Waals surface area contributed by atoms with Crippen LogP contribution in [0.15, 0.2) is 66.7 Å². The van der Waals surface area contributed by atoms with Crippen molar-refractivity contribution >= 4 is 22.7 Å². The maximum atomic E-state index is 13.5. The Hall–Kier alpha value is -3.70. The summed E-state index contributed by atoms with van der Waals surface area (Å²) in [6.07, 6.45) is 0. The zero-order chi connectivity index (χ0) is 23.5. The fourth-order valence-corrected chi connectivity index (χ4v) is 4.12. The number of carbonyl (C=O) groups excluding carboxylic acids is 1. The number of fused-ring (bicyclic) bond motifs is 1. The summed E-state index contributed by atoms with van der Waals surface area (Å²) in [6.45, 7) is 6.63. The van der Waals surface area contributed by atoms with Crippen LogP contribution in [-0.2, 0) is 22.7 Å². The van der Waals surface area contributed by atoms with Crippen LogP contribution in [0.25, 0.3) is 10.9 Å². The van der Waals surface area contributed by atoms with Crippen LogP contribution in [0, 0.1) is 20.8 Å². The Morgan fingerprint density at radius 3 is 2.15 bits per heavy atom. The number of carbonyl (C=O) groups is 2. The van der Waals surface area contributed by atoms with Crippen molar-refractivity contribution in [3.05, 3.63) is 106 Å². The standard InChI is InChI=1S/C28H27NO4/c1-18-4-11-23(12-5-18)28(32)27-20(3)29(25-13-6-19(2)14-24(25)27)15-21-7-9-22(10-8-21)16-33-17-26(30)31/h4-14H,15-17H2,1-3H3,(H,30,31). The lowest BCUT2D eigenvalue weighted by Gasteiger charge is -2.10. The Bertz CT molecular complexity index is 1320. The first kappa shape index (κ1) is 22.5. The Morgan fingerprint density at radius 1 is 0.848 bits per heavy atom. The minimum Gasteiger partial charge on any atom is -0.480 e. The van der Waals surface area contributed by atoms with Crippen molar-refractivity contribution in [1.29, 1.82) is 0 Å². The Labute approximate surface area is 193 Å². The fourth-order valence-electron chi connectivity index (χ4n) is 4.12. The van der Waals surface area contributed by atoms with Gasteiger partial charge in [-0.25, -0.2) is 4.79 Å². The van der Waals surface area contributed by atoms with E-state index in [4.69, 9.17) is 9.84 Å². The van der Waals surface area contributed by atoms with Crippen molar-refractivity contribution in [2.75, 3.05) is 6.61 Å². The number of carboxylic acid groups (broad SMARTS) is 1. The summed E-state index contributed by atoms with van der Waals surface area (Å²) >= 11 is 0. The van der Waals surface area contributed by atoms with E-state index in [-0.39, 0.29) is 19.0 Å². The number of ether oxygens (including phenoxy) is 1. The molecule has 0 saturated carbocycles. The molecule has 0 radical (unpaired) electrons. The molecule has 33 heavy (non-hydrogen) atoms. The van der Waals surface area contributed by atoms with Gasteiger partial charge in [0.1, 0.15) is 6.61 Å². The van der Waals surface area contributed by atoms with Gasteiger partial charge >= 0.3 is 5.97 Å². The van der Waals surface area contributed by atoms with Crippen LogP contribution in [0.2, 0.25) is 0 Å². The molecular formula is C28H27NO4. The number of nitrogens with zero attached hydrogens (tertiary/aromatic N) is 1. The summed E-state index contributed by atoms with van der Waals surface area (Å²) in [5, 5.41) is 9.67. The highest BCUT2D eigenvalue weighted by Gasteiger charge is 2.21. The van der Waals surface area contributed by atoms with Gasteiger partial charge in [-0.1, -0.05) is 65.7 Å². The molecule has 0 saturated heterocycles. The molecule has 1 heterocycles. The molecule has 4 rings (SSSR count). The van der Waals surface area contributed by atoms with E-state index < -0.39 is 5.97 Å². The van der Waals surface area contributed by atoms with Gasteiger partial charge in [-0.05, 0) is 44.0 Å². The van der Waals surface area contributed by atoms with E-state index in [1.807, 2.05) is 69.3 Å². The highest BCUT2D eigenvalue weighted by Crippen LogP contribution is 2.30. The second-order valence-electron chi connectivity index (χ2n) is 8.47. The molecule has 0 aliphatic carbocycles. The molecule has 0 aliphatic heterocycles. The predicted molar refractivity (Wildman–Crippen MR) is 129 cm³/mol. The number of hydrogen-bond acceptors (Lipinski definition) is 3. The van der Waals surface area contributed by atoms with Crippen molar-refractivity contribution in [3.63, 3.8) is 0 Å². The van der Waals surface area contributed by atoms with Crippen LogP contribution >= 0.6 is 0 Å². The first-order chi connectivity index (χ1) is 15.8. The van der Waals surface area contributed by atoms with Crippen molar-refractivity contribution in [2.24, 2.45) is 0 Å². The van der Waals surface area contributed by atoms with Gasteiger partial charge in [0.15, 0.2) is 5.78 Å². The number of benzene rings is 3. The molecule has 1 N–H and O–H groups in total. The predicted octanol–water partition coefficient (Wildman–Crippen LogP) is 5.45. The van der Waals surface area contributed by atoms with Crippen molar-refractivity contribution < 1.29 is 19.4 Å². The normalized spacial score (nSPS) is 11.1. The third-order valence-electron chi connectivity index (χ3n) is 5.88. The van der Waals surface area contributed by atoms with Gasteiger partial charge in [-0.3, -0.25) is 4.79 Å². The summed E-state index contributed by atoms with van der Waals surface area (Å²) in [7, 11) is 0. The first-order valence-electron chi connectivity index (χ1n) is 10.9. The molecule has 0 bridgehead atoms. The molecule has 0 spiro atoms. The van der Waals surface area contributed by atoms with E-state index in [0.717, 1.165) is 44.4 Å². The largest absolute Gasteiger partial charge is 0.480 e. The number of aryl methyl sites for hydroxylation is 2. The average molecular weight is 442 g/mol. The van der Waals surface area contributed by atoms with Crippen molar-refractivity contribution in [2.45, 2.75) is 33.9 Å². The average Bonchev–Trinajstić information content (AvgIpc) is 3.05. The number of rotatable bonds is 8. The lowest BCUT2D eigenvalue weighted by molar-refractivity contribution is -0.142. The lowest BCUT2D eigenvalue weighted by atomic mass is 9.99. The van der Waals surface area contributed by atoms with Gasteiger partial charge in [0.05, 0.1) is 12.2 Å². The lowest BCUT2D eigenvalue weighted by Crippen LogP contribution is -2.07. The molecule has 0 atom stereocenters. The van der Waals surface area contributed by atoms with Crippen LogP contribution in [0.4, 0.5) is 0 Å². The van der Waals surface area contributed by atoms with Crippen molar-refractivity contribution in [1.82, 2.24) is 4.57 Å². The minimum atomic E-state index is -0.979. The molecule has 3 aromatic carbocycles. The second-order valence-corrected chi connectivity index (χ2v) is 8.47. The van der Waals surface area contributed by atoms with Gasteiger partial charge in [0, 0.05) is 28.7 Å². The molecule has 1 aromatic heterocycles. The van der Waals surface area contributed by atoms with Gasteiger partial charge in [0.25, 0.3) is 0 Å².